The van der Waals surface area contributed by atoms with Gasteiger partial charge in [0.15, 0.2) is 6.10 Å². The Morgan fingerprint density at radius 3 is 0.825 bits per heavy atom. The minimum atomic E-state index is -0.787. The molecule has 80 heavy (non-hydrogen) atoms. The van der Waals surface area contributed by atoms with Gasteiger partial charge in [-0.2, -0.15) is 0 Å². The average Bonchev–Trinajstić information content (AvgIpc) is 3.46. The highest BCUT2D eigenvalue weighted by atomic mass is 16.6. The van der Waals surface area contributed by atoms with Crippen LogP contribution in [0.3, 0.4) is 0 Å². The molecule has 0 aromatic carbocycles. The van der Waals surface area contributed by atoms with E-state index in [0.29, 0.717) is 19.3 Å². The van der Waals surface area contributed by atoms with E-state index in [-0.39, 0.29) is 31.1 Å². The molecule has 0 saturated heterocycles. The van der Waals surface area contributed by atoms with E-state index in [4.69, 9.17) is 14.2 Å². The number of ether oxygens (including phenoxy) is 3. The Morgan fingerprint density at radius 1 is 0.263 bits per heavy atom. The van der Waals surface area contributed by atoms with Crippen LogP contribution in [0.4, 0.5) is 0 Å². The molecule has 0 heterocycles. The smallest absolute Gasteiger partial charge is 0.306 e. The van der Waals surface area contributed by atoms with Gasteiger partial charge < -0.3 is 14.2 Å². The largest absolute Gasteiger partial charge is 0.462 e. The van der Waals surface area contributed by atoms with Gasteiger partial charge in [-0.15, -0.1) is 0 Å². The summed E-state index contributed by atoms with van der Waals surface area (Å²) in [6.45, 7) is 6.46. The molecular weight excluding hydrogens is 985 g/mol. The van der Waals surface area contributed by atoms with Crippen molar-refractivity contribution in [3.05, 3.63) is 122 Å². The third-order valence-corrected chi connectivity index (χ3v) is 14.2. The predicted octanol–water partition coefficient (Wildman–Crippen LogP) is 23.2. The van der Waals surface area contributed by atoms with Crippen LogP contribution < -0.4 is 0 Å². The maximum Gasteiger partial charge on any atom is 0.306 e. The Hall–Kier alpha value is -4.19. The van der Waals surface area contributed by atoms with Crippen molar-refractivity contribution in [1.82, 2.24) is 0 Å². The lowest BCUT2D eigenvalue weighted by Crippen LogP contribution is -2.30. The van der Waals surface area contributed by atoms with E-state index in [9.17, 15) is 14.4 Å². The zero-order valence-electron chi connectivity index (χ0n) is 52.3. The van der Waals surface area contributed by atoms with Crippen LogP contribution in [0.25, 0.3) is 0 Å². The molecule has 0 radical (unpaired) electrons. The van der Waals surface area contributed by atoms with Gasteiger partial charge in [0.25, 0.3) is 0 Å². The maximum absolute atomic E-state index is 12.9. The van der Waals surface area contributed by atoms with Crippen molar-refractivity contribution in [1.29, 1.82) is 0 Å². The van der Waals surface area contributed by atoms with Crippen molar-refractivity contribution >= 4 is 17.9 Å². The molecule has 0 fully saturated rings. The third-order valence-electron chi connectivity index (χ3n) is 14.2. The minimum Gasteiger partial charge on any atom is -0.462 e. The molecule has 1 atom stereocenters. The first-order valence-electron chi connectivity index (χ1n) is 33.5. The Bertz CT molecular complexity index is 1650. The lowest BCUT2D eigenvalue weighted by atomic mass is 10.1. The van der Waals surface area contributed by atoms with E-state index >= 15 is 0 Å². The van der Waals surface area contributed by atoms with E-state index in [2.05, 4.69) is 142 Å². The molecule has 0 spiro atoms. The van der Waals surface area contributed by atoms with E-state index < -0.39 is 6.10 Å². The number of rotatable bonds is 60. The summed E-state index contributed by atoms with van der Waals surface area (Å²) in [6, 6.07) is 0. The molecule has 0 bridgehead atoms. The van der Waals surface area contributed by atoms with Gasteiger partial charge in [0.2, 0.25) is 0 Å². The summed E-state index contributed by atoms with van der Waals surface area (Å²) < 4.78 is 16.9. The molecule has 6 heteroatoms. The summed E-state index contributed by atoms with van der Waals surface area (Å²) in [5.74, 6) is -0.898. The molecule has 0 aliphatic heterocycles. The summed E-state index contributed by atoms with van der Waals surface area (Å²) in [5, 5.41) is 0. The standard InChI is InChI=1S/C74H124O6/c1-4-7-10-13-16-19-22-24-26-28-29-30-31-32-33-34-35-36-37-38-39-40-41-42-43-44-45-47-48-50-52-55-58-61-64-67-73(76)79-70-71(69-78-72(75)66-63-60-57-54-21-18-15-12-9-6-3)80-74(77)68-65-62-59-56-53-51-49-46-27-25-23-20-17-14-11-8-5-2/h7,10,12,15-16,19,24-27,29-30,32-33,35-36,38-39,41-42,71H,4-6,8-9,11,13-14,17-18,20-23,28,31,34,37,40,43-70H2,1-3H3/b10-7-,15-12-,19-16-,26-24-,27-25-,30-29-,33-32-,36-35-,39-38-,42-41-. The Kier molecular flexibility index (Phi) is 63.8. The van der Waals surface area contributed by atoms with Gasteiger partial charge in [0, 0.05) is 19.3 Å². The first-order valence-corrected chi connectivity index (χ1v) is 33.5. The summed E-state index contributed by atoms with van der Waals surface area (Å²) >= 11 is 0. The predicted molar refractivity (Wildman–Crippen MR) is 348 cm³/mol. The van der Waals surface area contributed by atoms with Crippen molar-refractivity contribution in [2.24, 2.45) is 0 Å². The molecule has 456 valence electrons. The molecule has 0 N–H and O–H groups in total. The number of carbonyl (C=O) groups is 3. The van der Waals surface area contributed by atoms with Crippen LogP contribution in [0.5, 0.6) is 0 Å². The average molecular weight is 1110 g/mol. The van der Waals surface area contributed by atoms with Gasteiger partial charge in [-0.3, -0.25) is 14.4 Å². The van der Waals surface area contributed by atoms with Crippen LogP contribution in [0, 0.1) is 0 Å². The number of carbonyl (C=O) groups excluding carboxylic acids is 3. The van der Waals surface area contributed by atoms with Gasteiger partial charge >= 0.3 is 17.9 Å². The highest BCUT2D eigenvalue weighted by Gasteiger charge is 2.19. The van der Waals surface area contributed by atoms with Gasteiger partial charge in [0.1, 0.15) is 13.2 Å². The van der Waals surface area contributed by atoms with Gasteiger partial charge in [-0.05, 0) is 128 Å². The molecule has 0 aromatic rings. The molecule has 0 aromatic heterocycles. The second-order valence-corrected chi connectivity index (χ2v) is 22.0. The lowest BCUT2D eigenvalue weighted by molar-refractivity contribution is -0.167. The number of esters is 3. The SMILES string of the molecule is CC/C=C\C/C=C\C/C=C\C/C=C\C/C=C\C/C=C\C/C=C\C/C=C\CCCCCCCCCCCCC(=O)OCC(COC(=O)CCCCCCC/C=C\CCC)OC(=O)CCCCCCCCC/C=C\CCCCCCCC. The second-order valence-electron chi connectivity index (χ2n) is 22.0. The number of hydrogen-bond donors (Lipinski definition) is 0. The zero-order chi connectivity index (χ0) is 57.8. The van der Waals surface area contributed by atoms with E-state index in [0.717, 1.165) is 122 Å². The normalized spacial score (nSPS) is 12.9. The summed E-state index contributed by atoms with van der Waals surface area (Å²) in [5.41, 5.74) is 0. The van der Waals surface area contributed by atoms with Gasteiger partial charge in [-0.25, -0.2) is 0 Å². The summed E-state index contributed by atoms with van der Waals surface area (Å²) in [4.78, 5) is 38.2. The highest BCUT2D eigenvalue weighted by molar-refractivity contribution is 5.71. The van der Waals surface area contributed by atoms with Gasteiger partial charge in [0.05, 0.1) is 0 Å². The van der Waals surface area contributed by atoms with Crippen LogP contribution in [0.1, 0.15) is 310 Å². The number of allylic oxidation sites excluding steroid dienone is 20. The summed E-state index contributed by atoms with van der Waals surface area (Å²) in [6.07, 6.45) is 93.7. The van der Waals surface area contributed by atoms with E-state index in [1.54, 1.807) is 0 Å². The molecular formula is C74H124O6. The Balaban J connectivity index is 4.18. The summed E-state index contributed by atoms with van der Waals surface area (Å²) in [7, 11) is 0. The van der Waals surface area contributed by atoms with Crippen molar-refractivity contribution < 1.29 is 28.6 Å². The Labute approximate surface area is 494 Å². The Morgan fingerprint density at radius 2 is 0.512 bits per heavy atom. The van der Waals surface area contributed by atoms with Crippen LogP contribution in [0.2, 0.25) is 0 Å². The number of hydrogen-bond acceptors (Lipinski definition) is 6. The topological polar surface area (TPSA) is 78.9 Å². The molecule has 6 nitrogen and oxygen atoms in total. The zero-order valence-corrected chi connectivity index (χ0v) is 52.3. The van der Waals surface area contributed by atoms with E-state index in [1.165, 1.54) is 148 Å². The molecule has 0 rings (SSSR count). The van der Waals surface area contributed by atoms with Crippen molar-refractivity contribution in [3.8, 4) is 0 Å². The fourth-order valence-corrected chi connectivity index (χ4v) is 9.16. The third kappa shape index (κ3) is 64.6. The molecule has 0 aliphatic rings. The molecule has 0 amide bonds. The fourth-order valence-electron chi connectivity index (χ4n) is 9.16. The van der Waals surface area contributed by atoms with Crippen molar-refractivity contribution in [2.75, 3.05) is 13.2 Å². The van der Waals surface area contributed by atoms with Crippen LogP contribution in [-0.2, 0) is 28.6 Å². The quantitative estimate of drug-likeness (QED) is 0.0261. The van der Waals surface area contributed by atoms with E-state index in [1.807, 2.05) is 0 Å². The molecule has 1 unspecified atom stereocenters. The van der Waals surface area contributed by atoms with Gasteiger partial charge in [-0.1, -0.05) is 284 Å². The monoisotopic (exact) mass is 1110 g/mol. The number of unbranched alkanes of at least 4 members (excludes halogenated alkanes) is 29. The van der Waals surface area contributed by atoms with Crippen LogP contribution in [0.15, 0.2) is 122 Å². The fraction of sp³-hybridized carbons (Fsp3) is 0.689. The molecule has 0 saturated carbocycles. The van der Waals surface area contributed by atoms with Crippen LogP contribution in [-0.4, -0.2) is 37.2 Å². The minimum absolute atomic E-state index is 0.0846. The second kappa shape index (κ2) is 67.3. The first-order chi connectivity index (χ1) is 39.5. The maximum atomic E-state index is 12.9. The molecule has 0 aliphatic carbocycles. The van der Waals surface area contributed by atoms with Crippen molar-refractivity contribution in [3.63, 3.8) is 0 Å². The highest BCUT2D eigenvalue weighted by Crippen LogP contribution is 2.16. The lowest BCUT2D eigenvalue weighted by Gasteiger charge is -2.18. The van der Waals surface area contributed by atoms with Crippen LogP contribution >= 0.6 is 0 Å². The van der Waals surface area contributed by atoms with Crippen molar-refractivity contribution in [2.45, 2.75) is 316 Å². The first kappa shape index (κ1) is 75.8.